The van der Waals surface area contributed by atoms with Crippen LogP contribution >= 0.6 is 0 Å². The van der Waals surface area contributed by atoms with Crippen molar-refractivity contribution in [1.82, 2.24) is 0 Å². The van der Waals surface area contributed by atoms with Crippen LogP contribution in [-0.2, 0) is 19.1 Å². The molecule has 35 heavy (non-hydrogen) atoms. The van der Waals surface area contributed by atoms with Crippen molar-refractivity contribution in [3.05, 3.63) is 64.8 Å². The molecule has 0 bridgehead atoms. The van der Waals surface area contributed by atoms with Crippen LogP contribution in [0.5, 0.6) is 0 Å². The number of ketones is 2. The predicted molar refractivity (Wildman–Crippen MR) is 136 cm³/mol. The van der Waals surface area contributed by atoms with Crippen LogP contribution in [-0.4, -0.2) is 37.2 Å². The van der Waals surface area contributed by atoms with Crippen molar-refractivity contribution in [3.63, 3.8) is 0 Å². The molecule has 2 fully saturated rings. The van der Waals surface area contributed by atoms with Gasteiger partial charge in [-0.05, 0) is 91.9 Å². The van der Waals surface area contributed by atoms with E-state index in [1.807, 2.05) is 20.2 Å². The number of carbonyl (C=O) groups is 3. The predicted octanol–water partition coefficient (Wildman–Crippen LogP) is 5.32. The molecule has 5 rings (SSSR count). The lowest BCUT2D eigenvalue weighted by Crippen LogP contribution is -2.57. The zero-order valence-electron chi connectivity index (χ0n) is 21.4. The molecule has 5 atom stereocenters. The van der Waals surface area contributed by atoms with Gasteiger partial charge in [0.1, 0.15) is 0 Å². The smallest absolute Gasteiger partial charge is 0.303 e. The Labute approximate surface area is 207 Å². The SMILES string of the molecule is CC(=O)O[C@]1(C(C)=O)CC[C@H]2[C@@H]3CCC4=CC(=O)C=CC4=C3[C@@H](c3ccc(N(C)C)cc3)C[C@@]21C. The molecule has 0 unspecified atom stereocenters. The highest BCUT2D eigenvalue weighted by Gasteiger charge is 2.67. The summed E-state index contributed by atoms with van der Waals surface area (Å²) < 4.78 is 5.99. The van der Waals surface area contributed by atoms with Crippen LogP contribution in [0.2, 0.25) is 0 Å². The van der Waals surface area contributed by atoms with E-state index in [4.69, 9.17) is 4.74 Å². The van der Waals surface area contributed by atoms with Gasteiger partial charge in [0, 0.05) is 38.0 Å². The molecule has 0 heterocycles. The van der Waals surface area contributed by atoms with Gasteiger partial charge in [-0.2, -0.15) is 0 Å². The Kier molecular flexibility index (Phi) is 5.65. The van der Waals surface area contributed by atoms with Crippen LogP contribution in [0, 0.1) is 17.3 Å². The number of esters is 1. The maximum atomic E-state index is 13.2. The lowest BCUT2D eigenvalue weighted by Gasteiger charge is -2.54. The van der Waals surface area contributed by atoms with Gasteiger partial charge < -0.3 is 9.64 Å². The third-order valence-electron chi connectivity index (χ3n) is 9.25. The number of carbonyl (C=O) groups excluding carboxylic acids is 3. The number of rotatable bonds is 4. The van der Waals surface area contributed by atoms with Crippen molar-refractivity contribution in [2.45, 2.75) is 64.4 Å². The summed E-state index contributed by atoms with van der Waals surface area (Å²) in [5.41, 5.74) is 4.54. The summed E-state index contributed by atoms with van der Waals surface area (Å²) in [4.78, 5) is 39.7. The highest BCUT2D eigenvalue weighted by molar-refractivity contribution is 6.02. The van der Waals surface area contributed by atoms with Gasteiger partial charge in [0.2, 0.25) is 0 Å². The normalized spacial score (nSPS) is 33.5. The maximum absolute atomic E-state index is 13.2. The number of benzene rings is 1. The van der Waals surface area contributed by atoms with Crippen LogP contribution in [0.25, 0.3) is 0 Å². The molecule has 5 nitrogen and oxygen atoms in total. The zero-order chi connectivity index (χ0) is 25.1. The third kappa shape index (κ3) is 3.54. The molecule has 0 radical (unpaired) electrons. The van der Waals surface area contributed by atoms with Gasteiger partial charge in [-0.25, -0.2) is 0 Å². The monoisotopic (exact) mass is 473 g/mol. The van der Waals surface area contributed by atoms with Gasteiger partial charge in [-0.3, -0.25) is 14.4 Å². The molecule has 0 amide bonds. The van der Waals surface area contributed by atoms with Gasteiger partial charge in [0.05, 0.1) is 0 Å². The van der Waals surface area contributed by atoms with Crippen molar-refractivity contribution < 1.29 is 19.1 Å². The molecule has 5 heteroatoms. The van der Waals surface area contributed by atoms with Crippen LogP contribution < -0.4 is 4.90 Å². The number of ether oxygens (including phenoxy) is 1. The topological polar surface area (TPSA) is 63.7 Å². The molecule has 1 aromatic carbocycles. The van der Waals surface area contributed by atoms with Crippen LogP contribution in [0.15, 0.2) is 59.2 Å². The summed E-state index contributed by atoms with van der Waals surface area (Å²) in [6.45, 7) is 5.18. The minimum atomic E-state index is -1.09. The van der Waals surface area contributed by atoms with E-state index in [-0.39, 0.29) is 35.3 Å². The average Bonchev–Trinajstić information content (AvgIpc) is 3.10. The fourth-order valence-corrected chi connectivity index (χ4v) is 7.71. The fraction of sp³-hybridized carbons (Fsp3) is 0.500. The number of nitrogens with zero attached hydrogens (tertiary/aromatic N) is 1. The van der Waals surface area contributed by atoms with E-state index >= 15 is 0 Å². The first-order chi connectivity index (χ1) is 16.6. The Morgan fingerprint density at radius 1 is 1.06 bits per heavy atom. The molecule has 0 spiro atoms. The Morgan fingerprint density at radius 2 is 1.77 bits per heavy atom. The summed E-state index contributed by atoms with van der Waals surface area (Å²) in [6.07, 6.45) is 9.47. The standard InChI is InChI=1S/C30H35NO4/c1-18(32)30(35-19(2)33)15-14-27-25-12-8-21-16-23(34)11-13-24(21)28(25)26(17-29(27,30)3)20-6-9-22(10-7-20)31(4)5/h6-7,9-11,13,16,25-27H,8,12,14-15,17H2,1-5H3/t25-,26+,27-,29-,30-/m0/s1. The molecule has 0 saturated heterocycles. The van der Waals surface area contributed by atoms with Crippen LogP contribution in [0.3, 0.4) is 0 Å². The lowest BCUT2D eigenvalue weighted by atomic mass is 9.51. The summed E-state index contributed by atoms with van der Waals surface area (Å²) in [5, 5.41) is 0. The largest absolute Gasteiger partial charge is 0.451 e. The molecule has 4 aliphatic rings. The molecule has 2 saturated carbocycles. The first-order valence-corrected chi connectivity index (χ1v) is 12.7. The van der Waals surface area contributed by atoms with Gasteiger partial charge in [-0.1, -0.05) is 30.7 Å². The number of Topliss-reactive ketones (excluding diaryl/α,β-unsaturated/α-hetero) is 1. The first kappa shape index (κ1) is 23.8. The Morgan fingerprint density at radius 3 is 2.40 bits per heavy atom. The van der Waals surface area contributed by atoms with Gasteiger partial charge in [0.15, 0.2) is 17.2 Å². The van der Waals surface area contributed by atoms with Gasteiger partial charge in [-0.15, -0.1) is 0 Å². The molecule has 184 valence electrons. The first-order valence-electron chi connectivity index (χ1n) is 12.7. The number of fused-ring (bicyclic) bond motifs is 4. The van der Waals surface area contributed by atoms with Crippen molar-refractivity contribution in [2.24, 2.45) is 17.3 Å². The molecule has 4 aliphatic carbocycles. The van der Waals surface area contributed by atoms with E-state index in [1.165, 1.54) is 23.6 Å². The lowest BCUT2D eigenvalue weighted by molar-refractivity contribution is -0.182. The second kappa shape index (κ2) is 8.32. The van der Waals surface area contributed by atoms with E-state index in [0.29, 0.717) is 6.42 Å². The zero-order valence-corrected chi connectivity index (χ0v) is 21.4. The van der Waals surface area contributed by atoms with E-state index < -0.39 is 11.0 Å². The summed E-state index contributed by atoms with van der Waals surface area (Å²) in [6, 6.07) is 8.67. The van der Waals surface area contributed by atoms with Crippen molar-refractivity contribution in [2.75, 3.05) is 19.0 Å². The van der Waals surface area contributed by atoms with Gasteiger partial charge in [0.25, 0.3) is 0 Å². The van der Waals surface area contributed by atoms with Crippen molar-refractivity contribution in [3.8, 4) is 0 Å². The number of hydrogen-bond acceptors (Lipinski definition) is 5. The molecular formula is C30H35NO4. The quantitative estimate of drug-likeness (QED) is 0.554. The number of hydrogen-bond donors (Lipinski definition) is 0. The minimum Gasteiger partial charge on any atom is -0.451 e. The third-order valence-corrected chi connectivity index (χ3v) is 9.25. The fourth-order valence-electron chi connectivity index (χ4n) is 7.71. The Hall–Kier alpha value is -2.95. The Balaban J connectivity index is 1.69. The van der Waals surface area contributed by atoms with E-state index in [0.717, 1.165) is 36.9 Å². The molecule has 0 aliphatic heterocycles. The highest BCUT2D eigenvalue weighted by atomic mass is 16.6. The molecule has 0 N–H and O–H groups in total. The minimum absolute atomic E-state index is 0.0462. The second-order valence-electron chi connectivity index (χ2n) is 11.2. The van der Waals surface area contributed by atoms with Crippen LogP contribution in [0.4, 0.5) is 5.69 Å². The molecule has 1 aromatic rings. The van der Waals surface area contributed by atoms with Crippen LogP contribution in [0.1, 0.15) is 64.4 Å². The van der Waals surface area contributed by atoms with E-state index in [9.17, 15) is 14.4 Å². The van der Waals surface area contributed by atoms with Crippen molar-refractivity contribution >= 4 is 23.2 Å². The van der Waals surface area contributed by atoms with Gasteiger partial charge >= 0.3 is 5.97 Å². The molecule has 0 aromatic heterocycles. The maximum Gasteiger partial charge on any atom is 0.303 e. The average molecular weight is 474 g/mol. The number of allylic oxidation sites excluding steroid dienone is 6. The molecular weight excluding hydrogens is 438 g/mol. The Bertz CT molecular complexity index is 1190. The summed E-state index contributed by atoms with van der Waals surface area (Å²) in [7, 11) is 4.06. The summed E-state index contributed by atoms with van der Waals surface area (Å²) in [5.74, 6) is 0.242. The summed E-state index contributed by atoms with van der Waals surface area (Å²) >= 11 is 0. The van der Waals surface area contributed by atoms with E-state index in [2.05, 4.69) is 36.1 Å². The van der Waals surface area contributed by atoms with E-state index in [1.54, 1.807) is 19.1 Å². The number of anilines is 1. The van der Waals surface area contributed by atoms with Crippen molar-refractivity contribution in [1.29, 1.82) is 0 Å². The second-order valence-corrected chi connectivity index (χ2v) is 11.2. The highest BCUT2D eigenvalue weighted by Crippen LogP contribution is 2.67.